The number of rotatable bonds is 8. The van der Waals surface area contributed by atoms with E-state index in [1.807, 2.05) is 24.3 Å². The van der Waals surface area contributed by atoms with Crippen LogP contribution < -0.4 is 15.4 Å². The third kappa shape index (κ3) is 7.65. The summed E-state index contributed by atoms with van der Waals surface area (Å²) >= 11 is 0. The number of amides is 1. The maximum absolute atomic E-state index is 11.9. The first-order chi connectivity index (χ1) is 10.8. The summed E-state index contributed by atoms with van der Waals surface area (Å²) in [6.45, 7) is 3.67. The maximum atomic E-state index is 11.9. The van der Waals surface area contributed by atoms with Gasteiger partial charge in [-0.2, -0.15) is 0 Å². The van der Waals surface area contributed by atoms with Crippen LogP contribution in [0.5, 0.6) is 5.75 Å². The van der Waals surface area contributed by atoms with Gasteiger partial charge in [0.05, 0.1) is 19.8 Å². The van der Waals surface area contributed by atoms with Gasteiger partial charge in [-0.05, 0) is 17.7 Å². The number of benzene rings is 1. The van der Waals surface area contributed by atoms with Gasteiger partial charge in [0.15, 0.2) is 0 Å². The summed E-state index contributed by atoms with van der Waals surface area (Å²) in [5, 5.41) is 6.19. The average Bonchev–Trinajstić information content (AvgIpc) is 2.55. The largest absolute Gasteiger partial charge is 0.491 e. The molecule has 1 aliphatic rings. The van der Waals surface area contributed by atoms with E-state index < -0.39 is 0 Å². The van der Waals surface area contributed by atoms with E-state index in [4.69, 9.17) is 14.2 Å². The van der Waals surface area contributed by atoms with Crippen molar-refractivity contribution in [2.45, 2.75) is 19.0 Å². The Labute approximate surface area is 143 Å². The normalized spacial score (nSPS) is 17.2. The molecule has 0 saturated carbocycles. The van der Waals surface area contributed by atoms with Crippen molar-refractivity contribution in [3.63, 3.8) is 0 Å². The quantitative estimate of drug-likeness (QED) is 0.692. The van der Waals surface area contributed by atoms with Gasteiger partial charge in [0.25, 0.3) is 0 Å². The van der Waals surface area contributed by atoms with E-state index in [1.54, 1.807) is 7.11 Å². The number of hydrogen-bond acceptors (Lipinski definition) is 5. The lowest BCUT2D eigenvalue weighted by Crippen LogP contribution is -2.44. The van der Waals surface area contributed by atoms with Crippen LogP contribution in [-0.4, -0.2) is 52.0 Å². The Morgan fingerprint density at radius 1 is 1.43 bits per heavy atom. The van der Waals surface area contributed by atoms with Crippen molar-refractivity contribution in [3.8, 4) is 5.75 Å². The van der Waals surface area contributed by atoms with Crippen molar-refractivity contribution < 1.29 is 19.0 Å². The fourth-order valence-corrected chi connectivity index (χ4v) is 2.24. The average molecular weight is 345 g/mol. The van der Waals surface area contributed by atoms with E-state index in [2.05, 4.69) is 10.6 Å². The highest BCUT2D eigenvalue weighted by Crippen LogP contribution is 2.13. The molecule has 2 N–H and O–H groups in total. The molecule has 2 rings (SSSR count). The molecule has 1 aliphatic heterocycles. The van der Waals surface area contributed by atoms with Crippen LogP contribution in [-0.2, 0) is 20.8 Å². The van der Waals surface area contributed by atoms with E-state index in [0.717, 1.165) is 17.9 Å². The summed E-state index contributed by atoms with van der Waals surface area (Å²) in [6, 6.07) is 7.81. The molecule has 130 valence electrons. The predicted molar refractivity (Wildman–Crippen MR) is 90.1 cm³/mol. The van der Waals surface area contributed by atoms with Crippen LogP contribution >= 0.6 is 12.4 Å². The van der Waals surface area contributed by atoms with Gasteiger partial charge in [0.2, 0.25) is 5.91 Å². The summed E-state index contributed by atoms with van der Waals surface area (Å²) in [7, 11) is 1.64. The van der Waals surface area contributed by atoms with E-state index >= 15 is 0 Å². The standard InChI is InChI=1S/C16H24N2O4.ClH/c1-20-7-8-22-15-4-2-3-13(9-15)11-18-16(19)10-14-12-21-6-5-17-14;/h2-4,9,14,17H,5-8,10-12H2,1H3,(H,18,19);1H. The number of nitrogens with one attached hydrogen (secondary N) is 2. The molecule has 1 unspecified atom stereocenters. The highest BCUT2D eigenvalue weighted by Gasteiger charge is 2.16. The second kappa shape index (κ2) is 11.2. The molecule has 0 bridgehead atoms. The molecular weight excluding hydrogens is 320 g/mol. The van der Waals surface area contributed by atoms with Gasteiger partial charge in [0, 0.05) is 32.7 Å². The molecule has 1 atom stereocenters. The fourth-order valence-electron chi connectivity index (χ4n) is 2.24. The third-order valence-corrected chi connectivity index (χ3v) is 3.37. The number of halogens is 1. The van der Waals surface area contributed by atoms with Crippen LogP contribution in [0.3, 0.4) is 0 Å². The molecule has 0 spiro atoms. The van der Waals surface area contributed by atoms with Gasteiger partial charge >= 0.3 is 0 Å². The zero-order chi connectivity index (χ0) is 15.6. The van der Waals surface area contributed by atoms with E-state index in [9.17, 15) is 4.79 Å². The van der Waals surface area contributed by atoms with Crippen molar-refractivity contribution >= 4 is 18.3 Å². The molecule has 1 fully saturated rings. The van der Waals surface area contributed by atoms with Crippen LogP contribution in [0.25, 0.3) is 0 Å². The monoisotopic (exact) mass is 344 g/mol. The van der Waals surface area contributed by atoms with Crippen LogP contribution in [0, 0.1) is 0 Å². The molecule has 0 aliphatic carbocycles. The first-order valence-corrected chi connectivity index (χ1v) is 7.56. The highest BCUT2D eigenvalue weighted by molar-refractivity contribution is 5.85. The Balaban J connectivity index is 0.00000264. The van der Waals surface area contributed by atoms with Crippen LogP contribution in [0.4, 0.5) is 0 Å². The van der Waals surface area contributed by atoms with Crippen LogP contribution in [0.2, 0.25) is 0 Å². The van der Waals surface area contributed by atoms with E-state index in [-0.39, 0.29) is 24.4 Å². The molecule has 1 saturated heterocycles. The van der Waals surface area contributed by atoms with Crippen molar-refractivity contribution in [2.75, 3.05) is 40.1 Å². The fraction of sp³-hybridized carbons (Fsp3) is 0.562. The molecular formula is C16H25ClN2O4. The van der Waals surface area contributed by atoms with Crippen LogP contribution in [0.15, 0.2) is 24.3 Å². The predicted octanol–water partition coefficient (Wildman–Crippen LogP) is 1.13. The topological polar surface area (TPSA) is 68.8 Å². The Hall–Kier alpha value is -1.34. The maximum Gasteiger partial charge on any atom is 0.221 e. The highest BCUT2D eigenvalue weighted by atomic mass is 35.5. The van der Waals surface area contributed by atoms with Crippen molar-refractivity contribution in [1.82, 2.24) is 10.6 Å². The summed E-state index contributed by atoms with van der Waals surface area (Å²) in [4.78, 5) is 11.9. The Bertz CT molecular complexity index is 467. The molecule has 6 nitrogen and oxygen atoms in total. The molecule has 0 radical (unpaired) electrons. The second-order valence-electron chi connectivity index (χ2n) is 5.20. The minimum Gasteiger partial charge on any atom is -0.491 e. The van der Waals surface area contributed by atoms with Gasteiger partial charge in [0.1, 0.15) is 12.4 Å². The Kier molecular flexibility index (Phi) is 9.63. The lowest BCUT2D eigenvalue weighted by Gasteiger charge is -2.23. The van der Waals surface area contributed by atoms with Gasteiger partial charge in [-0.1, -0.05) is 12.1 Å². The van der Waals surface area contributed by atoms with E-state index in [0.29, 0.717) is 39.4 Å². The van der Waals surface area contributed by atoms with Gasteiger partial charge < -0.3 is 24.8 Å². The molecule has 1 aromatic rings. The van der Waals surface area contributed by atoms with Crippen molar-refractivity contribution in [1.29, 1.82) is 0 Å². The molecule has 0 aromatic heterocycles. The Morgan fingerprint density at radius 2 is 2.30 bits per heavy atom. The minimum absolute atomic E-state index is 0. The minimum atomic E-state index is 0. The molecule has 1 amide bonds. The smallest absolute Gasteiger partial charge is 0.221 e. The van der Waals surface area contributed by atoms with Crippen molar-refractivity contribution in [2.24, 2.45) is 0 Å². The summed E-state index contributed by atoms with van der Waals surface area (Å²) in [6.07, 6.45) is 0.435. The summed E-state index contributed by atoms with van der Waals surface area (Å²) in [5.74, 6) is 0.805. The molecule has 23 heavy (non-hydrogen) atoms. The SMILES string of the molecule is COCCOc1cccc(CNC(=O)CC2COCCN2)c1.Cl. The second-order valence-corrected chi connectivity index (χ2v) is 5.20. The number of hydrogen-bond donors (Lipinski definition) is 2. The first kappa shape index (κ1) is 19.7. The zero-order valence-electron chi connectivity index (χ0n) is 13.4. The van der Waals surface area contributed by atoms with Gasteiger partial charge in [-0.15, -0.1) is 12.4 Å². The molecule has 1 aromatic carbocycles. The number of methoxy groups -OCH3 is 1. The number of morpholine rings is 1. The molecule has 1 heterocycles. The number of carbonyl (C=O) groups is 1. The van der Waals surface area contributed by atoms with Crippen molar-refractivity contribution in [3.05, 3.63) is 29.8 Å². The number of ether oxygens (including phenoxy) is 3. The lowest BCUT2D eigenvalue weighted by atomic mass is 10.1. The number of carbonyl (C=O) groups excluding carboxylic acids is 1. The molecule has 7 heteroatoms. The van der Waals surface area contributed by atoms with Gasteiger partial charge in [-0.25, -0.2) is 0 Å². The third-order valence-electron chi connectivity index (χ3n) is 3.37. The zero-order valence-corrected chi connectivity index (χ0v) is 14.2. The lowest BCUT2D eigenvalue weighted by molar-refractivity contribution is -0.122. The van der Waals surface area contributed by atoms with E-state index in [1.165, 1.54) is 0 Å². The Morgan fingerprint density at radius 3 is 3.04 bits per heavy atom. The first-order valence-electron chi connectivity index (χ1n) is 7.56. The van der Waals surface area contributed by atoms with Crippen LogP contribution in [0.1, 0.15) is 12.0 Å². The summed E-state index contributed by atoms with van der Waals surface area (Å²) in [5.41, 5.74) is 1.01. The summed E-state index contributed by atoms with van der Waals surface area (Å²) < 4.78 is 15.8. The van der Waals surface area contributed by atoms with Gasteiger partial charge in [-0.3, -0.25) is 4.79 Å².